The summed E-state index contributed by atoms with van der Waals surface area (Å²) in [6.45, 7) is 4.34. The molecule has 1 aliphatic rings. The van der Waals surface area contributed by atoms with Gasteiger partial charge in [0.05, 0.1) is 12.6 Å². The van der Waals surface area contributed by atoms with Gasteiger partial charge in [-0.3, -0.25) is 4.79 Å². The van der Waals surface area contributed by atoms with E-state index in [9.17, 15) is 4.79 Å². The Hall–Kier alpha value is -0.610. The standard InChI is InChI=1S/C10H20N2O2/c1-7(2)12-10(13)6-11-8-4-9(5-8)14-3/h7-9,11H,4-6H2,1-3H3,(H,12,13). The Bertz CT molecular complexity index is 189. The molecule has 82 valence electrons. The zero-order valence-electron chi connectivity index (χ0n) is 9.17. The van der Waals surface area contributed by atoms with Crippen LogP contribution in [0.1, 0.15) is 26.7 Å². The summed E-state index contributed by atoms with van der Waals surface area (Å²) in [5.74, 6) is 0.0702. The molecule has 4 nitrogen and oxygen atoms in total. The van der Waals surface area contributed by atoms with Crippen molar-refractivity contribution < 1.29 is 9.53 Å². The Morgan fingerprint density at radius 2 is 2.14 bits per heavy atom. The van der Waals surface area contributed by atoms with Crippen LogP contribution in [-0.4, -0.2) is 37.7 Å². The first-order valence-corrected chi connectivity index (χ1v) is 5.17. The molecule has 0 bridgehead atoms. The van der Waals surface area contributed by atoms with Crippen molar-refractivity contribution in [3.8, 4) is 0 Å². The number of rotatable bonds is 5. The van der Waals surface area contributed by atoms with Crippen LogP contribution < -0.4 is 10.6 Å². The van der Waals surface area contributed by atoms with Crippen molar-refractivity contribution in [2.45, 2.75) is 44.9 Å². The lowest BCUT2D eigenvalue weighted by molar-refractivity contribution is -0.121. The number of ether oxygens (including phenoxy) is 1. The second kappa shape index (κ2) is 5.32. The van der Waals surface area contributed by atoms with Crippen molar-refractivity contribution in [2.24, 2.45) is 0 Å². The van der Waals surface area contributed by atoms with Crippen LogP contribution in [0.15, 0.2) is 0 Å². The van der Waals surface area contributed by atoms with E-state index in [1.165, 1.54) is 0 Å². The zero-order chi connectivity index (χ0) is 10.6. The van der Waals surface area contributed by atoms with E-state index in [2.05, 4.69) is 10.6 Å². The first-order chi connectivity index (χ1) is 6.61. The largest absolute Gasteiger partial charge is 0.381 e. The first-order valence-electron chi connectivity index (χ1n) is 5.17. The van der Waals surface area contributed by atoms with E-state index in [0.717, 1.165) is 12.8 Å². The minimum absolute atomic E-state index is 0.0702. The van der Waals surface area contributed by atoms with Gasteiger partial charge in [0.15, 0.2) is 0 Å². The van der Waals surface area contributed by atoms with Gasteiger partial charge in [-0.05, 0) is 26.7 Å². The summed E-state index contributed by atoms with van der Waals surface area (Å²) in [4.78, 5) is 11.2. The summed E-state index contributed by atoms with van der Waals surface area (Å²) < 4.78 is 5.15. The van der Waals surface area contributed by atoms with Crippen molar-refractivity contribution in [1.29, 1.82) is 0 Å². The molecule has 0 aromatic heterocycles. The molecule has 0 radical (unpaired) electrons. The van der Waals surface area contributed by atoms with E-state index in [4.69, 9.17) is 4.74 Å². The third-order valence-electron chi connectivity index (χ3n) is 2.43. The van der Waals surface area contributed by atoms with Gasteiger partial charge in [0.2, 0.25) is 5.91 Å². The minimum Gasteiger partial charge on any atom is -0.381 e. The molecule has 0 atom stereocenters. The van der Waals surface area contributed by atoms with E-state index in [-0.39, 0.29) is 11.9 Å². The van der Waals surface area contributed by atoms with Crippen LogP contribution in [0.2, 0.25) is 0 Å². The number of carbonyl (C=O) groups is 1. The number of methoxy groups -OCH3 is 1. The van der Waals surface area contributed by atoms with E-state index in [0.29, 0.717) is 18.7 Å². The van der Waals surface area contributed by atoms with Crippen molar-refractivity contribution >= 4 is 5.91 Å². The van der Waals surface area contributed by atoms with Crippen LogP contribution in [-0.2, 0) is 9.53 Å². The molecule has 0 saturated heterocycles. The molecule has 0 aromatic rings. The van der Waals surface area contributed by atoms with Crippen molar-refractivity contribution in [2.75, 3.05) is 13.7 Å². The molecule has 0 heterocycles. The smallest absolute Gasteiger partial charge is 0.234 e. The van der Waals surface area contributed by atoms with Gasteiger partial charge in [-0.15, -0.1) is 0 Å². The Balaban J connectivity index is 2.02. The van der Waals surface area contributed by atoms with Crippen LogP contribution >= 0.6 is 0 Å². The quantitative estimate of drug-likeness (QED) is 0.670. The van der Waals surface area contributed by atoms with Crippen LogP contribution in [0, 0.1) is 0 Å². The summed E-state index contributed by atoms with van der Waals surface area (Å²) in [5.41, 5.74) is 0. The van der Waals surface area contributed by atoms with Crippen molar-refractivity contribution in [1.82, 2.24) is 10.6 Å². The summed E-state index contributed by atoms with van der Waals surface area (Å²) in [5, 5.41) is 6.04. The maximum Gasteiger partial charge on any atom is 0.234 e. The fourth-order valence-electron chi connectivity index (χ4n) is 1.53. The monoisotopic (exact) mass is 200 g/mol. The van der Waals surface area contributed by atoms with Gasteiger partial charge in [0.1, 0.15) is 0 Å². The first kappa shape index (κ1) is 11.5. The van der Waals surface area contributed by atoms with Gasteiger partial charge in [-0.2, -0.15) is 0 Å². The Morgan fingerprint density at radius 1 is 1.50 bits per heavy atom. The Morgan fingerprint density at radius 3 is 2.64 bits per heavy atom. The predicted molar refractivity (Wildman–Crippen MR) is 55.1 cm³/mol. The number of carbonyl (C=O) groups excluding carboxylic acids is 1. The molecule has 0 spiro atoms. The Labute approximate surface area is 85.4 Å². The predicted octanol–water partition coefficient (Wildman–Crippen LogP) is 0.278. The molecule has 4 heteroatoms. The molecule has 0 aliphatic heterocycles. The maximum absolute atomic E-state index is 11.2. The fourth-order valence-corrected chi connectivity index (χ4v) is 1.53. The van der Waals surface area contributed by atoms with Crippen LogP contribution in [0.5, 0.6) is 0 Å². The van der Waals surface area contributed by atoms with Gasteiger partial charge in [0, 0.05) is 19.2 Å². The third kappa shape index (κ3) is 3.64. The minimum atomic E-state index is 0.0702. The molecule has 1 saturated carbocycles. The molecular formula is C10H20N2O2. The number of nitrogens with one attached hydrogen (secondary N) is 2. The van der Waals surface area contributed by atoms with Gasteiger partial charge in [-0.1, -0.05) is 0 Å². The highest BCUT2D eigenvalue weighted by atomic mass is 16.5. The second-order valence-electron chi connectivity index (χ2n) is 4.13. The van der Waals surface area contributed by atoms with Crippen molar-refractivity contribution in [3.05, 3.63) is 0 Å². The Kier molecular flexibility index (Phi) is 4.35. The lowest BCUT2D eigenvalue weighted by Crippen LogP contribution is -2.49. The third-order valence-corrected chi connectivity index (χ3v) is 2.43. The van der Waals surface area contributed by atoms with Gasteiger partial charge in [0.25, 0.3) is 0 Å². The topological polar surface area (TPSA) is 50.4 Å². The second-order valence-corrected chi connectivity index (χ2v) is 4.13. The normalized spacial score (nSPS) is 26.0. The lowest BCUT2D eigenvalue weighted by atomic mass is 9.89. The average Bonchev–Trinajstić information content (AvgIpc) is 2.00. The molecule has 0 aromatic carbocycles. The van der Waals surface area contributed by atoms with Crippen LogP contribution in [0.4, 0.5) is 0 Å². The van der Waals surface area contributed by atoms with Gasteiger partial charge >= 0.3 is 0 Å². The molecule has 1 amide bonds. The average molecular weight is 200 g/mol. The van der Waals surface area contributed by atoms with E-state index >= 15 is 0 Å². The lowest BCUT2D eigenvalue weighted by Gasteiger charge is -2.34. The van der Waals surface area contributed by atoms with Crippen molar-refractivity contribution in [3.63, 3.8) is 0 Å². The van der Waals surface area contributed by atoms with Gasteiger partial charge < -0.3 is 15.4 Å². The molecule has 0 unspecified atom stereocenters. The van der Waals surface area contributed by atoms with E-state index in [1.807, 2.05) is 13.8 Å². The SMILES string of the molecule is COC1CC(NCC(=O)NC(C)C)C1. The highest BCUT2D eigenvalue weighted by Gasteiger charge is 2.28. The molecule has 1 aliphatic carbocycles. The van der Waals surface area contributed by atoms with E-state index in [1.54, 1.807) is 7.11 Å². The number of amides is 1. The molecule has 1 fully saturated rings. The summed E-state index contributed by atoms with van der Waals surface area (Å²) in [6.07, 6.45) is 2.43. The number of hydrogen-bond acceptors (Lipinski definition) is 3. The zero-order valence-corrected chi connectivity index (χ0v) is 9.17. The summed E-state index contributed by atoms with van der Waals surface area (Å²) in [6, 6.07) is 0.676. The fraction of sp³-hybridized carbons (Fsp3) is 0.900. The highest BCUT2D eigenvalue weighted by molar-refractivity contribution is 5.78. The molecular weight excluding hydrogens is 180 g/mol. The maximum atomic E-state index is 11.2. The molecule has 1 rings (SSSR count). The van der Waals surface area contributed by atoms with Crippen LogP contribution in [0.25, 0.3) is 0 Å². The van der Waals surface area contributed by atoms with Crippen LogP contribution in [0.3, 0.4) is 0 Å². The van der Waals surface area contributed by atoms with E-state index < -0.39 is 0 Å². The summed E-state index contributed by atoms with van der Waals surface area (Å²) in [7, 11) is 1.73. The number of hydrogen-bond donors (Lipinski definition) is 2. The van der Waals surface area contributed by atoms with Gasteiger partial charge in [-0.25, -0.2) is 0 Å². The summed E-state index contributed by atoms with van der Waals surface area (Å²) >= 11 is 0. The highest BCUT2D eigenvalue weighted by Crippen LogP contribution is 2.21. The molecule has 2 N–H and O–H groups in total. The molecule has 14 heavy (non-hydrogen) atoms.